The van der Waals surface area contributed by atoms with Gasteiger partial charge in [0.1, 0.15) is 0 Å². The number of anilines is 1. The van der Waals surface area contributed by atoms with E-state index in [-0.39, 0.29) is 16.8 Å². The first kappa shape index (κ1) is 17.9. The third-order valence-corrected chi connectivity index (χ3v) is 7.75. The highest BCUT2D eigenvalue weighted by Crippen LogP contribution is 2.39. The lowest BCUT2D eigenvalue weighted by atomic mass is 10.0. The molecule has 0 radical (unpaired) electrons. The number of hydrogen-bond donors (Lipinski definition) is 0. The molecule has 0 saturated carbocycles. The number of benzene rings is 1. The largest absolute Gasteiger partial charge is 0.309 e. The number of amides is 1. The lowest BCUT2D eigenvalue weighted by Crippen LogP contribution is -2.39. The number of carbonyl (C=O) groups is 1. The Kier molecular flexibility index (Phi) is 4.79. The highest BCUT2D eigenvalue weighted by Gasteiger charge is 2.35. The fraction of sp³-hybridized carbons (Fsp3) is 0.588. The smallest absolute Gasteiger partial charge is 0.244 e. The van der Waals surface area contributed by atoms with Crippen molar-refractivity contribution in [1.82, 2.24) is 4.31 Å². The van der Waals surface area contributed by atoms with E-state index in [9.17, 15) is 13.2 Å². The van der Waals surface area contributed by atoms with Crippen molar-refractivity contribution in [1.29, 1.82) is 0 Å². The monoisotopic (exact) mass is 414 g/mol. The van der Waals surface area contributed by atoms with Gasteiger partial charge in [-0.15, -0.1) is 0 Å². The third kappa shape index (κ3) is 3.02. The fourth-order valence-electron chi connectivity index (χ4n) is 3.80. The number of sulfonamides is 1. The molecule has 24 heavy (non-hydrogen) atoms. The lowest BCUT2D eigenvalue weighted by molar-refractivity contribution is -0.116. The molecule has 2 aliphatic rings. The Balaban J connectivity index is 2.05. The van der Waals surface area contributed by atoms with Crippen LogP contribution < -0.4 is 4.90 Å². The second-order valence-electron chi connectivity index (χ2n) is 6.96. The minimum atomic E-state index is -3.57. The quantitative estimate of drug-likeness (QED) is 0.746. The Labute approximate surface area is 152 Å². The van der Waals surface area contributed by atoms with Gasteiger partial charge >= 0.3 is 0 Å². The van der Waals surface area contributed by atoms with Crippen LogP contribution >= 0.6 is 15.9 Å². The number of carbonyl (C=O) groups excluding carboxylic acids is 1. The van der Waals surface area contributed by atoms with Crippen LogP contribution in [0.5, 0.6) is 0 Å². The van der Waals surface area contributed by atoms with Crippen molar-refractivity contribution in [2.75, 3.05) is 18.0 Å². The second-order valence-corrected chi connectivity index (χ2v) is 9.72. The number of hydrogen-bond acceptors (Lipinski definition) is 3. The zero-order valence-corrected chi connectivity index (χ0v) is 16.7. The Hall–Kier alpha value is -0.920. The predicted molar refractivity (Wildman–Crippen MR) is 97.6 cm³/mol. The maximum atomic E-state index is 13.1. The molecule has 1 aromatic carbocycles. The summed E-state index contributed by atoms with van der Waals surface area (Å²) >= 11 is 3.44. The topological polar surface area (TPSA) is 57.7 Å². The van der Waals surface area contributed by atoms with E-state index in [1.54, 1.807) is 15.3 Å². The molecule has 0 spiro atoms. The number of piperidine rings is 1. The van der Waals surface area contributed by atoms with Gasteiger partial charge in [-0.05, 0) is 65.7 Å². The Bertz CT molecular complexity index is 778. The van der Waals surface area contributed by atoms with Gasteiger partial charge in [0.25, 0.3) is 0 Å². The number of fused-ring (bicyclic) bond motifs is 1. The molecule has 3 rings (SSSR count). The predicted octanol–water partition coefficient (Wildman–Crippen LogP) is 3.17. The maximum Gasteiger partial charge on any atom is 0.244 e. The second kappa shape index (κ2) is 6.42. The van der Waals surface area contributed by atoms with E-state index >= 15 is 0 Å². The molecule has 7 heteroatoms. The van der Waals surface area contributed by atoms with Crippen LogP contribution in [0.25, 0.3) is 0 Å². The molecular formula is C17H23BrN2O3S. The van der Waals surface area contributed by atoms with Crippen molar-refractivity contribution >= 4 is 37.5 Å². The van der Waals surface area contributed by atoms with Crippen LogP contribution in [0.4, 0.5) is 5.69 Å². The van der Waals surface area contributed by atoms with Crippen LogP contribution in [0, 0.1) is 5.92 Å². The van der Waals surface area contributed by atoms with Gasteiger partial charge in [0.05, 0.1) is 4.90 Å². The van der Waals surface area contributed by atoms with Crippen LogP contribution in [0.15, 0.2) is 21.5 Å². The summed E-state index contributed by atoms with van der Waals surface area (Å²) in [7, 11) is -3.57. The highest BCUT2D eigenvalue weighted by molar-refractivity contribution is 9.10. The molecule has 2 atom stereocenters. The van der Waals surface area contributed by atoms with Crippen LogP contribution in [0.2, 0.25) is 0 Å². The summed E-state index contributed by atoms with van der Waals surface area (Å²) in [6.07, 6.45) is 2.70. The van der Waals surface area contributed by atoms with Crippen LogP contribution in [-0.2, 0) is 21.2 Å². The van der Waals surface area contributed by atoms with Crippen LogP contribution in [0.1, 0.15) is 39.2 Å². The molecule has 0 unspecified atom stereocenters. The van der Waals surface area contributed by atoms with Gasteiger partial charge in [-0.25, -0.2) is 8.42 Å². The first-order valence-electron chi connectivity index (χ1n) is 8.34. The molecule has 0 bridgehead atoms. The molecule has 0 aromatic heterocycles. The zero-order valence-electron chi connectivity index (χ0n) is 14.3. The summed E-state index contributed by atoms with van der Waals surface area (Å²) in [5, 5.41) is 0. The first-order chi connectivity index (χ1) is 11.2. The Morgan fingerprint density at radius 2 is 2.00 bits per heavy atom. The van der Waals surface area contributed by atoms with Gasteiger partial charge in [0.15, 0.2) is 0 Å². The number of rotatable bonds is 2. The number of halogens is 1. The van der Waals surface area contributed by atoms with E-state index in [1.807, 2.05) is 13.0 Å². The molecule has 1 amide bonds. The van der Waals surface area contributed by atoms with Gasteiger partial charge in [0, 0.05) is 36.2 Å². The summed E-state index contributed by atoms with van der Waals surface area (Å²) in [4.78, 5) is 13.9. The van der Waals surface area contributed by atoms with Gasteiger partial charge in [0.2, 0.25) is 15.9 Å². The van der Waals surface area contributed by atoms with E-state index < -0.39 is 10.0 Å². The van der Waals surface area contributed by atoms with Crippen molar-refractivity contribution in [2.45, 2.75) is 51.0 Å². The summed E-state index contributed by atoms with van der Waals surface area (Å²) < 4.78 is 28.4. The Morgan fingerprint density at radius 1 is 1.29 bits per heavy atom. The number of nitrogens with zero attached hydrogens (tertiary/aromatic N) is 2. The molecule has 0 N–H and O–H groups in total. The average molecular weight is 415 g/mol. The van der Waals surface area contributed by atoms with Crippen molar-refractivity contribution in [2.24, 2.45) is 5.92 Å². The minimum absolute atomic E-state index is 0.0531. The zero-order chi connectivity index (χ0) is 17.6. The fourth-order valence-corrected chi connectivity index (χ4v) is 6.47. The minimum Gasteiger partial charge on any atom is -0.309 e. The van der Waals surface area contributed by atoms with E-state index in [1.165, 1.54) is 6.92 Å². The van der Waals surface area contributed by atoms with Crippen molar-refractivity contribution in [3.05, 3.63) is 22.2 Å². The van der Waals surface area contributed by atoms with E-state index in [0.717, 1.165) is 30.5 Å². The maximum absolute atomic E-state index is 13.1. The molecular weight excluding hydrogens is 392 g/mol. The molecule has 1 saturated heterocycles. The van der Waals surface area contributed by atoms with Gasteiger partial charge in [-0.1, -0.05) is 6.92 Å². The van der Waals surface area contributed by atoms with Crippen molar-refractivity contribution < 1.29 is 13.2 Å². The van der Waals surface area contributed by atoms with Crippen LogP contribution in [0.3, 0.4) is 0 Å². The van der Waals surface area contributed by atoms with Gasteiger partial charge < -0.3 is 4.90 Å². The molecule has 2 aliphatic heterocycles. The molecule has 5 nitrogen and oxygen atoms in total. The van der Waals surface area contributed by atoms with E-state index in [0.29, 0.717) is 23.5 Å². The summed E-state index contributed by atoms with van der Waals surface area (Å²) in [6.45, 7) is 6.70. The molecule has 1 fully saturated rings. The standard InChI is InChI=1S/C17H23BrN2O3S/c1-11-5-4-6-19(10-11)24(22,23)17-9-16-14(8-15(17)18)7-12(2)20(16)13(3)21/h8-9,11-12H,4-7,10H2,1-3H3/t11-,12-/m1/s1. The summed E-state index contributed by atoms with van der Waals surface area (Å²) in [5.41, 5.74) is 1.73. The summed E-state index contributed by atoms with van der Waals surface area (Å²) in [6, 6.07) is 3.57. The van der Waals surface area contributed by atoms with Gasteiger partial charge in [-0.3, -0.25) is 4.79 Å². The third-order valence-electron chi connectivity index (χ3n) is 4.93. The first-order valence-corrected chi connectivity index (χ1v) is 10.6. The normalized spacial score (nSPS) is 24.9. The lowest BCUT2D eigenvalue weighted by Gasteiger charge is -2.30. The van der Waals surface area contributed by atoms with Gasteiger partial charge in [-0.2, -0.15) is 4.31 Å². The average Bonchev–Trinajstić information content (AvgIpc) is 2.81. The summed E-state index contributed by atoms with van der Waals surface area (Å²) in [5.74, 6) is 0.314. The van der Waals surface area contributed by atoms with E-state index in [4.69, 9.17) is 0 Å². The highest BCUT2D eigenvalue weighted by atomic mass is 79.9. The SMILES string of the molecule is CC(=O)N1c2cc(S(=O)(=O)N3CCC[C@@H](C)C3)c(Br)cc2C[C@H]1C. The van der Waals surface area contributed by atoms with Crippen molar-refractivity contribution in [3.8, 4) is 0 Å². The molecule has 0 aliphatic carbocycles. The Morgan fingerprint density at radius 3 is 2.62 bits per heavy atom. The van der Waals surface area contributed by atoms with E-state index in [2.05, 4.69) is 22.9 Å². The van der Waals surface area contributed by atoms with Crippen molar-refractivity contribution in [3.63, 3.8) is 0 Å². The molecule has 132 valence electrons. The molecule has 2 heterocycles. The van der Waals surface area contributed by atoms with Crippen LogP contribution in [-0.4, -0.2) is 37.8 Å². The molecule has 1 aromatic rings.